The van der Waals surface area contributed by atoms with E-state index in [0.717, 1.165) is 56.1 Å². The van der Waals surface area contributed by atoms with E-state index in [0.29, 0.717) is 0 Å². The Morgan fingerprint density at radius 2 is 2.00 bits per heavy atom. The molecule has 3 heterocycles. The summed E-state index contributed by atoms with van der Waals surface area (Å²) in [5, 5.41) is 10.5. The van der Waals surface area contributed by atoms with E-state index in [4.69, 9.17) is 0 Å². The van der Waals surface area contributed by atoms with Crippen molar-refractivity contribution in [3.63, 3.8) is 0 Å². The predicted molar refractivity (Wildman–Crippen MR) is 88.6 cm³/mol. The minimum absolute atomic E-state index is 0.290. The van der Waals surface area contributed by atoms with Gasteiger partial charge in [0.05, 0.1) is 17.5 Å². The van der Waals surface area contributed by atoms with Crippen molar-refractivity contribution in [1.29, 1.82) is 0 Å². The smallest absolute Gasteiger partial charge is 0.128 e. The summed E-state index contributed by atoms with van der Waals surface area (Å²) >= 11 is 0. The second-order valence-corrected chi connectivity index (χ2v) is 6.13. The SMILES string of the molecule is CCc1nccc(CN2CCC([C@H](O)c3ccccn3)CC2)n1. The second kappa shape index (κ2) is 7.62. The van der Waals surface area contributed by atoms with Crippen molar-refractivity contribution in [3.8, 4) is 0 Å². The molecule has 1 N–H and O–H groups in total. The monoisotopic (exact) mass is 312 g/mol. The number of pyridine rings is 1. The van der Waals surface area contributed by atoms with Gasteiger partial charge >= 0.3 is 0 Å². The number of piperidine rings is 1. The molecule has 0 radical (unpaired) electrons. The van der Waals surface area contributed by atoms with Crippen molar-refractivity contribution < 1.29 is 5.11 Å². The van der Waals surface area contributed by atoms with E-state index >= 15 is 0 Å². The molecule has 5 nitrogen and oxygen atoms in total. The van der Waals surface area contributed by atoms with Crippen LogP contribution in [0.2, 0.25) is 0 Å². The van der Waals surface area contributed by atoms with Crippen molar-refractivity contribution in [1.82, 2.24) is 19.9 Å². The fourth-order valence-electron chi connectivity index (χ4n) is 3.15. The molecule has 0 spiro atoms. The lowest BCUT2D eigenvalue weighted by Gasteiger charge is -2.33. The molecule has 5 heteroatoms. The zero-order valence-corrected chi connectivity index (χ0v) is 13.6. The minimum Gasteiger partial charge on any atom is -0.387 e. The van der Waals surface area contributed by atoms with Crippen LogP contribution in [0.3, 0.4) is 0 Å². The average Bonchev–Trinajstić information content (AvgIpc) is 2.63. The van der Waals surface area contributed by atoms with E-state index in [9.17, 15) is 5.11 Å². The number of aryl methyl sites for hydroxylation is 1. The highest BCUT2D eigenvalue weighted by molar-refractivity contribution is 5.08. The number of aliphatic hydroxyl groups is 1. The number of hydrogen-bond acceptors (Lipinski definition) is 5. The fraction of sp³-hybridized carbons (Fsp3) is 0.500. The predicted octanol–water partition coefficient (Wildman–Crippen LogP) is 2.38. The lowest BCUT2D eigenvalue weighted by atomic mass is 9.89. The van der Waals surface area contributed by atoms with E-state index < -0.39 is 6.10 Å². The Labute approximate surface area is 137 Å². The van der Waals surface area contributed by atoms with Crippen LogP contribution in [-0.2, 0) is 13.0 Å². The van der Waals surface area contributed by atoms with Gasteiger partial charge in [-0.15, -0.1) is 0 Å². The van der Waals surface area contributed by atoms with E-state index in [-0.39, 0.29) is 5.92 Å². The van der Waals surface area contributed by atoms with Crippen molar-refractivity contribution >= 4 is 0 Å². The van der Waals surface area contributed by atoms with Crippen LogP contribution < -0.4 is 0 Å². The molecule has 1 saturated heterocycles. The maximum Gasteiger partial charge on any atom is 0.128 e. The summed E-state index contributed by atoms with van der Waals surface area (Å²) in [4.78, 5) is 15.5. The van der Waals surface area contributed by atoms with Crippen LogP contribution in [0, 0.1) is 5.92 Å². The number of nitrogens with zero attached hydrogens (tertiary/aromatic N) is 4. The van der Waals surface area contributed by atoms with Crippen LogP contribution in [-0.4, -0.2) is 38.0 Å². The van der Waals surface area contributed by atoms with Crippen LogP contribution in [0.15, 0.2) is 36.7 Å². The van der Waals surface area contributed by atoms with Gasteiger partial charge in [0.2, 0.25) is 0 Å². The van der Waals surface area contributed by atoms with E-state index in [1.54, 1.807) is 6.20 Å². The molecule has 1 atom stereocenters. The van der Waals surface area contributed by atoms with E-state index in [1.807, 2.05) is 30.5 Å². The molecule has 0 aliphatic carbocycles. The van der Waals surface area contributed by atoms with E-state index in [2.05, 4.69) is 26.8 Å². The molecule has 0 unspecified atom stereocenters. The van der Waals surface area contributed by atoms with E-state index in [1.165, 1.54) is 0 Å². The Morgan fingerprint density at radius 3 is 2.70 bits per heavy atom. The highest BCUT2D eigenvalue weighted by atomic mass is 16.3. The summed E-state index contributed by atoms with van der Waals surface area (Å²) in [5.74, 6) is 1.20. The second-order valence-electron chi connectivity index (χ2n) is 6.13. The molecule has 0 amide bonds. The van der Waals surface area contributed by atoms with Gasteiger partial charge in [-0.2, -0.15) is 0 Å². The molecule has 1 aliphatic rings. The molecular weight excluding hydrogens is 288 g/mol. The summed E-state index contributed by atoms with van der Waals surface area (Å²) in [5.41, 5.74) is 1.87. The van der Waals surface area contributed by atoms with Gasteiger partial charge in [0.25, 0.3) is 0 Å². The molecule has 122 valence electrons. The molecule has 23 heavy (non-hydrogen) atoms. The number of aromatic nitrogens is 3. The molecule has 0 saturated carbocycles. The van der Waals surface area contributed by atoms with Crippen LogP contribution in [0.5, 0.6) is 0 Å². The molecular formula is C18H24N4O. The van der Waals surface area contributed by atoms with Gasteiger partial charge < -0.3 is 5.11 Å². The zero-order valence-electron chi connectivity index (χ0n) is 13.6. The Morgan fingerprint density at radius 1 is 1.17 bits per heavy atom. The lowest BCUT2D eigenvalue weighted by Crippen LogP contribution is -2.35. The van der Waals surface area contributed by atoms with Crippen LogP contribution >= 0.6 is 0 Å². The Kier molecular flexibility index (Phi) is 5.31. The zero-order chi connectivity index (χ0) is 16.1. The number of hydrogen-bond donors (Lipinski definition) is 1. The largest absolute Gasteiger partial charge is 0.387 e. The standard InChI is InChI=1S/C18H24N4O/c1-2-17-20-10-6-15(21-17)13-22-11-7-14(8-12-22)18(23)16-5-3-4-9-19-16/h3-6,9-10,14,18,23H,2,7-8,11-13H2,1H3/t18-/m0/s1. The van der Waals surface area contributed by atoms with Crippen molar-refractivity contribution in [2.24, 2.45) is 5.92 Å². The van der Waals surface area contributed by atoms with Crippen LogP contribution in [0.25, 0.3) is 0 Å². The molecule has 0 aromatic carbocycles. The maximum atomic E-state index is 10.5. The lowest BCUT2D eigenvalue weighted by molar-refractivity contribution is 0.0536. The summed E-state index contributed by atoms with van der Waals surface area (Å²) in [7, 11) is 0. The Bertz CT molecular complexity index is 611. The summed E-state index contributed by atoms with van der Waals surface area (Å²) in [6.45, 7) is 4.91. The van der Waals surface area contributed by atoms with Crippen LogP contribution in [0.1, 0.15) is 43.1 Å². The van der Waals surface area contributed by atoms with Gasteiger partial charge in [0.15, 0.2) is 0 Å². The average molecular weight is 312 g/mol. The van der Waals surface area contributed by atoms with Gasteiger partial charge in [-0.3, -0.25) is 9.88 Å². The summed E-state index contributed by atoms with van der Waals surface area (Å²) in [6, 6.07) is 7.71. The van der Waals surface area contributed by atoms with Gasteiger partial charge in [0, 0.05) is 25.4 Å². The highest BCUT2D eigenvalue weighted by Crippen LogP contribution is 2.29. The maximum absolute atomic E-state index is 10.5. The third-order valence-corrected chi connectivity index (χ3v) is 4.53. The summed E-state index contributed by atoms with van der Waals surface area (Å²) < 4.78 is 0. The third kappa shape index (κ3) is 4.12. The Hall–Kier alpha value is -1.85. The minimum atomic E-state index is -0.455. The molecule has 1 aliphatic heterocycles. The Balaban J connectivity index is 1.54. The fourth-order valence-corrected chi connectivity index (χ4v) is 3.15. The van der Waals surface area contributed by atoms with Crippen molar-refractivity contribution in [2.75, 3.05) is 13.1 Å². The normalized spacial score (nSPS) is 18.0. The molecule has 1 fully saturated rings. The third-order valence-electron chi connectivity index (χ3n) is 4.53. The first-order chi connectivity index (χ1) is 11.3. The number of rotatable bonds is 5. The van der Waals surface area contributed by atoms with Crippen LogP contribution in [0.4, 0.5) is 0 Å². The first kappa shape index (κ1) is 16.0. The number of aliphatic hydroxyl groups excluding tert-OH is 1. The van der Waals surface area contributed by atoms with Gasteiger partial charge in [-0.05, 0) is 50.0 Å². The van der Waals surface area contributed by atoms with Gasteiger partial charge in [-0.1, -0.05) is 13.0 Å². The highest BCUT2D eigenvalue weighted by Gasteiger charge is 2.27. The van der Waals surface area contributed by atoms with Crippen molar-refractivity contribution in [2.45, 2.75) is 38.8 Å². The molecule has 2 aromatic heterocycles. The molecule has 3 rings (SSSR count). The first-order valence-electron chi connectivity index (χ1n) is 8.38. The topological polar surface area (TPSA) is 62.1 Å². The first-order valence-corrected chi connectivity index (χ1v) is 8.38. The van der Waals surface area contributed by atoms with Gasteiger partial charge in [-0.25, -0.2) is 9.97 Å². The number of likely N-dealkylation sites (tertiary alicyclic amines) is 1. The molecule has 2 aromatic rings. The van der Waals surface area contributed by atoms with Gasteiger partial charge in [0.1, 0.15) is 5.82 Å². The van der Waals surface area contributed by atoms with Crippen molar-refractivity contribution in [3.05, 3.63) is 53.9 Å². The quantitative estimate of drug-likeness (QED) is 0.918. The summed E-state index contributed by atoms with van der Waals surface area (Å²) in [6.07, 6.45) is 5.98. The molecule has 0 bridgehead atoms.